The Balaban J connectivity index is 1.14. The number of carbonyl (C=O) groups excluding carboxylic acids is 2. The monoisotopic (exact) mass is 612 g/mol. The van der Waals surface area contributed by atoms with Crippen molar-refractivity contribution in [1.82, 2.24) is 15.1 Å². The van der Waals surface area contributed by atoms with Crippen molar-refractivity contribution in [3.8, 4) is 0 Å². The second-order valence-electron chi connectivity index (χ2n) is 10.8. The predicted molar refractivity (Wildman–Crippen MR) is 170 cm³/mol. The molecule has 1 saturated heterocycles. The number of piperazine rings is 1. The molecule has 2 heterocycles. The molecule has 2 aliphatic rings. The van der Waals surface area contributed by atoms with E-state index >= 15 is 0 Å². The van der Waals surface area contributed by atoms with Gasteiger partial charge in [-0.05, 0) is 53.6 Å². The van der Waals surface area contributed by atoms with E-state index in [1.165, 1.54) is 5.56 Å². The third-order valence-corrected chi connectivity index (χ3v) is 9.67. The van der Waals surface area contributed by atoms with Gasteiger partial charge in [-0.2, -0.15) is 0 Å². The Bertz CT molecular complexity index is 1660. The zero-order valence-electron chi connectivity index (χ0n) is 23.7. The molecule has 0 unspecified atom stereocenters. The van der Waals surface area contributed by atoms with Crippen molar-refractivity contribution in [2.45, 2.75) is 22.9 Å². The van der Waals surface area contributed by atoms with Crippen LogP contribution < -0.4 is 10.2 Å². The highest BCUT2D eigenvalue weighted by Gasteiger charge is 2.31. The van der Waals surface area contributed by atoms with Crippen LogP contribution in [0, 0.1) is 0 Å². The molecule has 1 atom stereocenters. The number of benzene rings is 4. The lowest BCUT2D eigenvalue weighted by molar-refractivity contribution is 0.0932. The third-order valence-electron chi connectivity index (χ3n) is 7.93. The Morgan fingerprint density at radius 3 is 2.28 bits per heavy atom. The van der Waals surface area contributed by atoms with Crippen molar-refractivity contribution >= 4 is 39.9 Å². The van der Waals surface area contributed by atoms with Gasteiger partial charge in [0, 0.05) is 56.4 Å². The molecule has 2 amide bonds. The van der Waals surface area contributed by atoms with Crippen LogP contribution in [0.25, 0.3) is 0 Å². The summed E-state index contributed by atoms with van der Waals surface area (Å²) in [5, 5.41) is 3.60. The topological polar surface area (TPSA) is 73.0 Å². The first-order valence-electron chi connectivity index (χ1n) is 14.4. The Labute approximate surface area is 259 Å². The minimum absolute atomic E-state index is 0.221. The van der Waals surface area contributed by atoms with Crippen molar-refractivity contribution in [1.29, 1.82) is 0 Å². The first kappa shape index (κ1) is 29.3. The number of carbonyl (C=O) groups is 2. The summed E-state index contributed by atoms with van der Waals surface area (Å²) in [6.45, 7) is 6.33. The standard InChI is InChI=1S/C34H33ClN4O3S/c35-28-10-6-9-26(21-28)24-39-30-22-27(13-14-32(30)43(42)31-12-5-4-11-29(31)34(39)41)33(40)36-15-16-37-17-19-38(20-18-37)23-25-7-2-1-3-8-25/h1-14,21-22H,15-20,23-24H2,(H,36,40)/t43-/m0/s1. The molecule has 2 aliphatic heterocycles. The molecule has 9 heteroatoms. The van der Waals surface area contributed by atoms with Crippen LogP contribution in [0.15, 0.2) is 107 Å². The maximum atomic E-state index is 13.8. The van der Waals surface area contributed by atoms with Crippen LogP contribution in [0.1, 0.15) is 31.8 Å². The van der Waals surface area contributed by atoms with E-state index in [9.17, 15) is 13.8 Å². The molecule has 0 bridgehead atoms. The second kappa shape index (κ2) is 13.2. The van der Waals surface area contributed by atoms with Crippen LogP contribution in [0.2, 0.25) is 5.02 Å². The van der Waals surface area contributed by atoms with Crippen molar-refractivity contribution in [3.05, 3.63) is 124 Å². The lowest BCUT2D eigenvalue weighted by atomic mass is 10.1. The Hall–Kier alpha value is -3.82. The molecule has 1 fully saturated rings. The van der Waals surface area contributed by atoms with Gasteiger partial charge in [-0.1, -0.05) is 66.2 Å². The van der Waals surface area contributed by atoms with E-state index in [0.717, 1.165) is 44.8 Å². The lowest BCUT2D eigenvalue weighted by Gasteiger charge is -2.34. The molecule has 0 aromatic heterocycles. The summed E-state index contributed by atoms with van der Waals surface area (Å²) in [4.78, 5) is 34.5. The van der Waals surface area contributed by atoms with Gasteiger partial charge in [-0.15, -0.1) is 0 Å². The first-order chi connectivity index (χ1) is 21.0. The molecule has 0 aliphatic carbocycles. The summed E-state index contributed by atoms with van der Waals surface area (Å²) in [6, 6.07) is 29.8. The molecule has 4 aromatic rings. The fraction of sp³-hybridized carbons (Fsp3) is 0.235. The van der Waals surface area contributed by atoms with Crippen LogP contribution in [-0.2, 0) is 23.9 Å². The number of anilines is 1. The average Bonchev–Trinajstić information content (AvgIpc) is 3.11. The van der Waals surface area contributed by atoms with Gasteiger partial charge in [0.15, 0.2) is 0 Å². The number of nitrogens with one attached hydrogen (secondary N) is 1. The molecule has 0 spiro atoms. The Morgan fingerprint density at radius 1 is 0.767 bits per heavy atom. The number of nitrogens with zero attached hydrogens (tertiary/aromatic N) is 3. The maximum absolute atomic E-state index is 13.8. The highest BCUT2D eigenvalue weighted by Crippen LogP contribution is 2.36. The van der Waals surface area contributed by atoms with Gasteiger partial charge in [0.1, 0.15) is 0 Å². The largest absolute Gasteiger partial charge is 0.351 e. The zero-order chi connectivity index (χ0) is 29.8. The summed E-state index contributed by atoms with van der Waals surface area (Å²) in [5.74, 6) is -0.500. The number of halogens is 1. The molecule has 0 radical (unpaired) electrons. The zero-order valence-corrected chi connectivity index (χ0v) is 25.3. The van der Waals surface area contributed by atoms with Crippen LogP contribution in [0.4, 0.5) is 5.69 Å². The van der Waals surface area contributed by atoms with E-state index in [-0.39, 0.29) is 18.4 Å². The fourth-order valence-corrected chi connectivity index (χ4v) is 7.18. The van der Waals surface area contributed by atoms with E-state index in [1.807, 2.05) is 18.2 Å². The van der Waals surface area contributed by atoms with Crippen molar-refractivity contribution in [2.24, 2.45) is 0 Å². The van der Waals surface area contributed by atoms with E-state index in [4.69, 9.17) is 11.6 Å². The lowest BCUT2D eigenvalue weighted by Crippen LogP contribution is -2.48. The summed E-state index contributed by atoms with van der Waals surface area (Å²) >= 11 is 6.24. The molecule has 0 saturated carbocycles. The highest BCUT2D eigenvalue weighted by molar-refractivity contribution is 7.85. The molecular weight excluding hydrogens is 580 g/mol. The summed E-state index contributed by atoms with van der Waals surface area (Å²) < 4.78 is 13.7. The van der Waals surface area contributed by atoms with E-state index < -0.39 is 10.8 Å². The van der Waals surface area contributed by atoms with Gasteiger partial charge in [0.25, 0.3) is 11.8 Å². The normalized spacial score (nSPS) is 17.2. The van der Waals surface area contributed by atoms with Gasteiger partial charge < -0.3 is 10.2 Å². The Kier molecular flexibility index (Phi) is 9.00. The molecular formula is C34H33ClN4O3S. The first-order valence-corrected chi connectivity index (χ1v) is 16.0. The van der Waals surface area contributed by atoms with Crippen LogP contribution in [0.5, 0.6) is 0 Å². The third kappa shape index (κ3) is 6.73. The van der Waals surface area contributed by atoms with Gasteiger partial charge >= 0.3 is 0 Å². The smallest absolute Gasteiger partial charge is 0.259 e. The van der Waals surface area contributed by atoms with E-state index in [0.29, 0.717) is 38.2 Å². The van der Waals surface area contributed by atoms with Crippen LogP contribution in [-0.4, -0.2) is 65.1 Å². The van der Waals surface area contributed by atoms with E-state index in [1.54, 1.807) is 59.5 Å². The molecule has 6 rings (SSSR count). The van der Waals surface area contributed by atoms with Crippen LogP contribution >= 0.6 is 11.6 Å². The van der Waals surface area contributed by atoms with Crippen molar-refractivity contribution in [3.63, 3.8) is 0 Å². The SMILES string of the molecule is O=C(NCCN1CCN(Cc2ccccc2)CC1)c1ccc2c(c1)N(Cc1cccc(Cl)c1)C(=O)c1ccccc1[S@@]2=O. The fourth-order valence-electron chi connectivity index (χ4n) is 5.62. The number of hydrogen-bond donors (Lipinski definition) is 1. The molecule has 7 nitrogen and oxygen atoms in total. The Morgan fingerprint density at radius 2 is 1.49 bits per heavy atom. The number of amides is 2. The van der Waals surface area contributed by atoms with Gasteiger partial charge in [0.05, 0.1) is 38.4 Å². The summed E-state index contributed by atoms with van der Waals surface area (Å²) in [5.41, 5.74) is 3.41. The maximum Gasteiger partial charge on any atom is 0.259 e. The van der Waals surface area contributed by atoms with E-state index in [2.05, 4.69) is 39.4 Å². The van der Waals surface area contributed by atoms with Gasteiger partial charge in [-0.3, -0.25) is 19.4 Å². The van der Waals surface area contributed by atoms with Gasteiger partial charge in [-0.25, -0.2) is 4.21 Å². The average molecular weight is 613 g/mol. The molecule has 43 heavy (non-hydrogen) atoms. The van der Waals surface area contributed by atoms with Gasteiger partial charge in [0.2, 0.25) is 0 Å². The molecule has 1 N–H and O–H groups in total. The van der Waals surface area contributed by atoms with Crippen LogP contribution in [0.3, 0.4) is 0 Å². The van der Waals surface area contributed by atoms with Crippen molar-refractivity contribution in [2.75, 3.05) is 44.2 Å². The summed E-state index contributed by atoms with van der Waals surface area (Å²) in [6.07, 6.45) is 0. The highest BCUT2D eigenvalue weighted by atomic mass is 35.5. The number of hydrogen-bond acceptors (Lipinski definition) is 5. The summed E-state index contributed by atoms with van der Waals surface area (Å²) in [7, 11) is -1.59. The predicted octanol–water partition coefficient (Wildman–Crippen LogP) is 5.21. The quantitative estimate of drug-likeness (QED) is 0.296. The minimum atomic E-state index is -1.59. The minimum Gasteiger partial charge on any atom is -0.351 e. The molecule has 4 aromatic carbocycles. The number of rotatable bonds is 8. The number of fused-ring (bicyclic) bond motifs is 2. The molecule has 220 valence electrons. The second-order valence-corrected chi connectivity index (χ2v) is 12.7. The van der Waals surface area contributed by atoms with Crippen molar-refractivity contribution < 1.29 is 13.8 Å².